The summed E-state index contributed by atoms with van der Waals surface area (Å²) in [6, 6.07) is 3.20. The molecular weight excluding hydrogens is 321 g/mol. The van der Waals surface area contributed by atoms with E-state index in [4.69, 9.17) is 0 Å². The summed E-state index contributed by atoms with van der Waals surface area (Å²) < 4.78 is 14.6. The molecule has 1 aliphatic carbocycles. The fourth-order valence-electron chi connectivity index (χ4n) is 3.71. The van der Waals surface area contributed by atoms with E-state index in [0.717, 1.165) is 37.8 Å². The van der Waals surface area contributed by atoms with Crippen molar-refractivity contribution in [2.75, 3.05) is 11.9 Å². The molecule has 1 aliphatic heterocycles. The van der Waals surface area contributed by atoms with Crippen molar-refractivity contribution in [3.05, 3.63) is 29.1 Å². The molecule has 6 heteroatoms. The fraction of sp³-hybridized carbons (Fsp3) is 0.579. The Hall–Kier alpha value is -1.95. The fourth-order valence-corrected chi connectivity index (χ4v) is 3.71. The number of hydrogen-bond acceptors (Lipinski definition) is 3. The highest BCUT2D eigenvalue weighted by molar-refractivity contribution is 5.92. The highest BCUT2D eigenvalue weighted by atomic mass is 19.1. The first-order valence-corrected chi connectivity index (χ1v) is 9.16. The normalized spacial score (nSPS) is 18.5. The summed E-state index contributed by atoms with van der Waals surface area (Å²) in [7, 11) is 0. The van der Waals surface area contributed by atoms with Crippen LogP contribution in [0.4, 0.5) is 10.1 Å². The number of amides is 2. The van der Waals surface area contributed by atoms with Gasteiger partial charge in [-0.1, -0.05) is 18.9 Å². The molecule has 0 radical (unpaired) electrons. The van der Waals surface area contributed by atoms with Crippen molar-refractivity contribution < 1.29 is 14.0 Å². The first kappa shape index (κ1) is 17.9. The van der Waals surface area contributed by atoms with Gasteiger partial charge in [-0.3, -0.25) is 9.59 Å². The Bertz CT molecular complexity index is 656. The Balaban J connectivity index is 1.54. The maximum Gasteiger partial charge on any atom is 0.226 e. The van der Waals surface area contributed by atoms with Gasteiger partial charge in [-0.25, -0.2) is 4.39 Å². The van der Waals surface area contributed by atoms with E-state index in [0.29, 0.717) is 18.5 Å². The molecule has 1 unspecified atom stereocenters. The van der Waals surface area contributed by atoms with Gasteiger partial charge in [-0.05, 0) is 49.9 Å². The van der Waals surface area contributed by atoms with E-state index >= 15 is 0 Å². The largest absolute Gasteiger partial charge is 0.353 e. The van der Waals surface area contributed by atoms with Gasteiger partial charge in [0.05, 0.1) is 5.69 Å². The van der Waals surface area contributed by atoms with Crippen molar-refractivity contribution in [2.24, 2.45) is 5.92 Å². The van der Waals surface area contributed by atoms with Crippen LogP contribution in [0.15, 0.2) is 12.1 Å². The summed E-state index contributed by atoms with van der Waals surface area (Å²) in [6.07, 6.45) is 4.81. The molecule has 136 valence electrons. The Morgan fingerprint density at radius 2 is 2.08 bits per heavy atom. The second kappa shape index (κ2) is 7.95. The summed E-state index contributed by atoms with van der Waals surface area (Å²) >= 11 is 0. The molecular formula is C19H26FN3O2. The number of rotatable bonds is 5. The topological polar surface area (TPSA) is 70.2 Å². The van der Waals surface area contributed by atoms with Gasteiger partial charge >= 0.3 is 0 Å². The zero-order valence-electron chi connectivity index (χ0n) is 14.7. The van der Waals surface area contributed by atoms with Gasteiger partial charge in [-0.2, -0.15) is 0 Å². The molecule has 0 saturated heterocycles. The lowest BCUT2D eigenvalue weighted by Gasteiger charge is -2.20. The van der Waals surface area contributed by atoms with Crippen molar-refractivity contribution >= 4 is 17.5 Å². The highest BCUT2D eigenvalue weighted by Crippen LogP contribution is 2.26. The van der Waals surface area contributed by atoms with Crippen LogP contribution < -0.4 is 16.0 Å². The SMILES string of the molecule is CC(CC(=O)Nc1ccc2c(c1F)CCNC2)NC(=O)C1CCCC1. The highest BCUT2D eigenvalue weighted by Gasteiger charge is 2.24. The number of nitrogens with one attached hydrogen (secondary N) is 3. The average Bonchev–Trinajstić information content (AvgIpc) is 3.12. The van der Waals surface area contributed by atoms with E-state index in [1.807, 2.05) is 6.07 Å². The van der Waals surface area contributed by atoms with Crippen molar-refractivity contribution in [1.82, 2.24) is 10.6 Å². The number of hydrogen-bond donors (Lipinski definition) is 3. The molecule has 0 aromatic heterocycles. The number of benzene rings is 1. The predicted octanol–water partition coefficient (Wildman–Crippen LogP) is 2.49. The third-order valence-corrected chi connectivity index (χ3v) is 5.09. The van der Waals surface area contributed by atoms with Gasteiger partial charge in [0.1, 0.15) is 5.82 Å². The monoisotopic (exact) mass is 347 g/mol. The molecule has 1 fully saturated rings. The number of carbonyl (C=O) groups is 2. The van der Waals surface area contributed by atoms with Gasteiger partial charge in [0.2, 0.25) is 11.8 Å². The van der Waals surface area contributed by atoms with Crippen LogP contribution >= 0.6 is 0 Å². The second-order valence-corrected chi connectivity index (χ2v) is 7.13. The second-order valence-electron chi connectivity index (χ2n) is 7.13. The van der Waals surface area contributed by atoms with Gasteiger partial charge in [0, 0.05) is 24.9 Å². The van der Waals surface area contributed by atoms with Gasteiger partial charge in [0.15, 0.2) is 0 Å². The summed E-state index contributed by atoms with van der Waals surface area (Å²) in [4.78, 5) is 24.3. The maximum atomic E-state index is 14.6. The first-order chi connectivity index (χ1) is 12.0. The Morgan fingerprint density at radius 3 is 2.84 bits per heavy atom. The third-order valence-electron chi connectivity index (χ3n) is 5.09. The zero-order valence-corrected chi connectivity index (χ0v) is 14.7. The minimum atomic E-state index is -0.338. The van der Waals surface area contributed by atoms with Crippen LogP contribution in [0.25, 0.3) is 0 Å². The van der Waals surface area contributed by atoms with Crippen LogP contribution in [0.3, 0.4) is 0 Å². The Morgan fingerprint density at radius 1 is 1.32 bits per heavy atom. The molecule has 5 nitrogen and oxygen atoms in total. The number of halogens is 1. The summed E-state index contributed by atoms with van der Waals surface area (Å²) in [5.41, 5.74) is 1.85. The van der Waals surface area contributed by atoms with E-state index in [1.54, 1.807) is 13.0 Å². The van der Waals surface area contributed by atoms with Gasteiger partial charge in [0.25, 0.3) is 0 Å². The molecule has 0 spiro atoms. The maximum absolute atomic E-state index is 14.6. The standard InChI is InChI=1S/C19H26FN3O2/c1-12(22-19(25)13-4-2-3-5-13)10-17(24)23-16-7-6-14-11-21-9-8-15(14)18(16)20/h6-7,12-13,21H,2-5,8-11H2,1H3,(H,22,25)(H,23,24). The lowest BCUT2D eigenvalue weighted by Crippen LogP contribution is -2.38. The minimum absolute atomic E-state index is 0.0326. The number of anilines is 1. The molecule has 1 saturated carbocycles. The van der Waals surface area contributed by atoms with E-state index in [1.165, 1.54) is 0 Å². The molecule has 1 aromatic rings. The summed E-state index contributed by atoms with van der Waals surface area (Å²) in [6.45, 7) is 3.21. The van der Waals surface area contributed by atoms with Crippen molar-refractivity contribution in [3.63, 3.8) is 0 Å². The number of fused-ring (bicyclic) bond motifs is 1. The summed E-state index contributed by atoms with van der Waals surface area (Å²) in [5.74, 6) is -0.510. The molecule has 2 aliphatic rings. The molecule has 1 heterocycles. The lowest BCUT2D eigenvalue weighted by molar-refractivity contribution is -0.125. The summed E-state index contributed by atoms with van der Waals surface area (Å²) in [5, 5.41) is 8.75. The van der Waals surface area contributed by atoms with Crippen LogP contribution in [-0.2, 0) is 22.6 Å². The van der Waals surface area contributed by atoms with Crippen molar-refractivity contribution in [1.29, 1.82) is 0 Å². The van der Waals surface area contributed by atoms with Crippen LogP contribution in [0.5, 0.6) is 0 Å². The molecule has 0 bridgehead atoms. The predicted molar refractivity (Wildman–Crippen MR) is 94.6 cm³/mol. The minimum Gasteiger partial charge on any atom is -0.353 e. The van der Waals surface area contributed by atoms with Gasteiger partial charge in [-0.15, -0.1) is 0 Å². The number of carbonyl (C=O) groups excluding carboxylic acids is 2. The van der Waals surface area contributed by atoms with E-state index in [9.17, 15) is 14.0 Å². The quantitative estimate of drug-likeness (QED) is 0.766. The van der Waals surface area contributed by atoms with Crippen molar-refractivity contribution in [2.45, 2.75) is 58.0 Å². The van der Waals surface area contributed by atoms with Crippen molar-refractivity contribution in [3.8, 4) is 0 Å². The average molecular weight is 347 g/mol. The van der Waals surface area contributed by atoms with Gasteiger partial charge < -0.3 is 16.0 Å². The molecule has 2 amide bonds. The van der Waals surface area contributed by atoms with E-state index in [-0.39, 0.29) is 41.7 Å². The third kappa shape index (κ3) is 4.37. The Labute approximate surface area is 147 Å². The Kier molecular flexibility index (Phi) is 5.68. The van der Waals surface area contributed by atoms with Crippen LogP contribution in [0.1, 0.15) is 50.2 Å². The lowest BCUT2D eigenvalue weighted by atomic mass is 9.99. The molecule has 1 aromatic carbocycles. The first-order valence-electron chi connectivity index (χ1n) is 9.16. The molecule has 1 atom stereocenters. The van der Waals surface area contributed by atoms with Crippen LogP contribution in [0, 0.1) is 11.7 Å². The van der Waals surface area contributed by atoms with E-state index in [2.05, 4.69) is 16.0 Å². The smallest absolute Gasteiger partial charge is 0.226 e. The zero-order chi connectivity index (χ0) is 17.8. The van der Waals surface area contributed by atoms with Crippen LogP contribution in [-0.4, -0.2) is 24.4 Å². The molecule has 25 heavy (non-hydrogen) atoms. The molecule has 3 N–H and O–H groups in total. The van der Waals surface area contributed by atoms with E-state index < -0.39 is 0 Å². The molecule has 3 rings (SSSR count). The van der Waals surface area contributed by atoms with Crippen LogP contribution in [0.2, 0.25) is 0 Å².